The Hall–Kier alpha value is -1.36. The summed E-state index contributed by atoms with van der Waals surface area (Å²) in [7, 11) is 0. The molecule has 19 heavy (non-hydrogen) atoms. The number of carbonyl (C=O) groups is 2. The van der Waals surface area contributed by atoms with Crippen LogP contribution in [-0.2, 0) is 19.1 Å². The van der Waals surface area contributed by atoms with Gasteiger partial charge in [-0.05, 0) is 20.8 Å². The van der Waals surface area contributed by atoms with E-state index >= 15 is 0 Å². The second kappa shape index (κ2) is 4.07. The van der Waals surface area contributed by atoms with E-state index in [2.05, 4.69) is 0 Å². The number of rotatable bonds is 3. The molecule has 1 spiro atoms. The van der Waals surface area contributed by atoms with Crippen molar-refractivity contribution in [2.45, 2.75) is 38.5 Å². The molecule has 1 amide bonds. The van der Waals surface area contributed by atoms with Crippen LogP contribution in [0.15, 0.2) is 12.2 Å². The highest BCUT2D eigenvalue weighted by atomic mass is 16.6. The molecule has 0 radical (unpaired) electrons. The fourth-order valence-corrected chi connectivity index (χ4v) is 3.47. The summed E-state index contributed by atoms with van der Waals surface area (Å²) in [5, 5.41) is 0. The standard InChI is InChI=1S/C14H19NO4/c1-4-18-13(17)10-9-5-6-14(19-9)7-15(8(2)3)12(16)11(10)14/h5-6,8-11H,4,7H2,1-3H3/t9-,10-,11-,14+/m1/s1. The summed E-state index contributed by atoms with van der Waals surface area (Å²) in [6.07, 6.45) is 3.55. The quantitative estimate of drug-likeness (QED) is 0.558. The van der Waals surface area contributed by atoms with Crippen molar-refractivity contribution in [3.8, 4) is 0 Å². The van der Waals surface area contributed by atoms with Gasteiger partial charge >= 0.3 is 5.97 Å². The molecule has 5 nitrogen and oxygen atoms in total. The summed E-state index contributed by atoms with van der Waals surface area (Å²) in [6, 6.07) is 0.117. The first-order valence-corrected chi connectivity index (χ1v) is 6.84. The zero-order valence-corrected chi connectivity index (χ0v) is 11.5. The van der Waals surface area contributed by atoms with Crippen molar-refractivity contribution in [2.24, 2.45) is 11.8 Å². The van der Waals surface area contributed by atoms with Crippen LogP contribution < -0.4 is 0 Å². The molecule has 2 saturated heterocycles. The number of ether oxygens (including phenoxy) is 2. The Morgan fingerprint density at radius 2 is 2.37 bits per heavy atom. The smallest absolute Gasteiger partial charge is 0.312 e. The van der Waals surface area contributed by atoms with Gasteiger partial charge in [-0.3, -0.25) is 9.59 Å². The predicted octanol–water partition coefficient (Wildman–Crippen LogP) is 0.740. The molecule has 3 rings (SSSR count). The topological polar surface area (TPSA) is 55.8 Å². The Balaban J connectivity index is 1.93. The largest absolute Gasteiger partial charge is 0.466 e. The first-order valence-electron chi connectivity index (χ1n) is 6.84. The molecule has 0 saturated carbocycles. The van der Waals surface area contributed by atoms with Gasteiger partial charge in [0.15, 0.2) is 0 Å². The molecule has 104 valence electrons. The highest BCUT2D eigenvalue weighted by Crippen LogP contribution is 2.52. The van der Waals surface area contributed by atoms with Crippen molar-refractivity contribution in [1.82, 2.24) is 4.90 Å². The lowest BCUT2D eigenvalue weighted by Gasteiger charge is -2.24. The fraction of sp³-hybridized carbons (Fsp3) is 0.714. The number of likely N-dealkylation sites (tertiary alicyclic amines) is 1. The Bertz CT molecular complexity index is 458. The number of hydrogen-bond donors (Lipinski definition) is 0. The molecule has 3 aliphatic rings. The van der Waals surface area contributed by atoms with E-state index in [1.807, 2.05) is 26.0 Å². The molecule has 2 fully saturated rings. The number of fused-ring (bicyclic) bond motifs is 1. The molecule has 4 atom stereocenters. The van der Waals surface area contributed by atoms with Gasteiger partial charge in [0.05, 0.1) is 25.2 Å². The van der Waals surface area contributed by atoms with Gasteiger partial charge in [0.2, 0.25) is 5.91 Å². The average Bonchev–Trinajstić information content (AvgIpc) is 2.98. The molecule has 0 aromatic heterocycles. The molecular weight excluding hydrogens is 246 g/mol. The van der Waals surface area contributed by atoms with E-state index in [-0.39, 0.29) is 24.0 Å². The van der Waals surface area contributed by atoms with E-state index in [9.17, 15) is 9.59 Å². The molecule has 5 heteroatoms. The Morgan fingerprint density at radius 1 is 1.63 bits per heavy atom. The minimum absolute atomic E-state index is 0.0138. The SMILES string of the molecule is CCOC(=O)[C@@H]1[C@H]2C=C[C@@]3(CN(C(C)C)C(=O)[C@@H]13)O2. The number of nitrogens with zero attached hydrogens (tertiary/aromatic N) is 1. The molecule has 0 unspecified atom stereocenters. The van der Waals surface area contributed by atoms with Crippen LogP contribution in [0.5, 0.6) is 0 Å². The van der Waals surface area contributed by atoms with Crippen molar-refractivity contribution in [3.05, 3.63) is 12.2 Å². The zero-order chi connectivity index (χ0) is 13.8. The summed E-state index contributed by atoms with van der Waals surface area (Å²) in [5.41, 5.74) is -0.608. The number of carbonyl (C=O) groups excluding carboxylic acids is 2. The monoisotopic (exact) mass is 265 g/mol. The van der Waals surface area contributed by atoms with Gasteiger partial charge in [0.1, 0.15) is 11.5 Å². The molecule has 2 bridgehead atoms. The third-order valence-corrected chi connectivity index (χ3v) is 4.31. The van der Waals surface area contributed by atoms with Crippen LogP contribution in [0.1, 0.15) is 20.8 Å². The van der Waals surface area contributed by atoms with Crippen molar-refractivity contribution in [3.63, 3.8) is 0 Å². The second-order valence-electron chi connectivity index (χ2n) is 5.71. The van der Waals surface area contributed by atoms with Crippen LogP contribution >= 0.6 is 0 Å². The molecule has 3 heterocycles. The predicted molar refractivity (Wildman–Crippen MR) is 67.2 cm³/mol. The van der Waals surface area contributed by atoms with Crippen LogP contribution in [0.2, 0.25) is 0 Å². The third-order valence-electron chi connectivity index (χ3n) is 4.31. The van der Waals surface area contributed by atoms with Gasteiger partial charge in [-0.1, -0.05) is 12.2 Å². The van der Waals surface area contributed by atoms with Gasteiger partial charge in [0.25, 0.3) is 0 Å². The fourth-order valence-electron chi connectivity index (χ4n) is 3.47. The van der Waals surface area contributed by atoms with Crippen molar-refractivity contribution >= 4 is 11.9 Å². The Kier molecular flexibility index (Phi) is 2.71. The summed E-state index contributed by atoms with van der Waals surface area (Å²) in [5.74, 6) is -1.20. The van der Waals surface area contributed by atoms with E-state index in [1.165, 1.54) is 0 Å². The molecule has 0 aromatic rings. The third kappa shape index (κ3) is 1.57. The maximum Gasteiger partial charge on any atom is 0.312 e. The highest BCUT2D eigenvalue weighted by Gasteiger charge is 2.67. The van der Waals surface area contributed by atoms with Crippen LogP contribution in [0, 0.1) is 11.8 Å². The second-order valence-corrected chi connectivity index (χ2v) is 5.71. The average molecular weight is 265 g/mol. The van der Waals surface area contributed by atoms with Crippen molar-refractivity contribution < 1.29 is 19.1 Å². The molecule has 0 N–H and O–H groups in total. The number of amides is 1. The number of esters is 1. The summed E-state index contributed by atoms with van der Waals surface area (Å²) < 4.78 is 11.0. The first-order chi connectivity index (χ1) is 9.00. The molecular formula is C14H19NO4. The van der Waals surface area contributed by atoms with E-state index < -0.39 is 17.4 Å². The minimum atomic E-state index is -0.608. The molecule has 3 aliphatic heterocycles. The van der Waals surface area contributed by atoms with Gasteiger partial charge in [-0.25, -0.2) is 0 Å². The Labute approximate surface area is 112 Å². The van der Waals surface area contributed by atoms with E-state index in [4.69, 9.17) is 9.47 Å². The number of hydrogen-bond acceptors (Lipinski definition) is 4. The first kappa shape index (κ1) is 12.7. The lowest BCUT2D eigenvalue weighted by molar-refractivity contribution is -0.153. The highest BCUT2D eigenvalue weighted by molar-refractivity contribution is 5.91. The van der Waals surface area contributed by atoms with Crippen LogP contribution in [0.3, 0.4) is 0 Å². The van der Waals surface area contributed by atoms with Gasteiger partial charge in [-0.2, -0.15) is 0 Å². The Morgan fingerprint density at radius 3 is 3.00 bits per heavy atom. The molecule has 0 aliphatic carbocycles. The maximum atomic E-state index is 12.5. The lowest BCUT2D eigenvalue weighted by atomic mass is 9.77. The molecule has 0 aromatic carbocycles. The summed E-state index contributed by atoms with van der Waals surface area (Å²) in [6.45, 7) is 6.59. The van der Waals surface area contributed by atoms with Gasteiger partial charge < -0.3 is 14.4 Å². The maximum absolute atomic E-state index is 12.5. The van der Waals surface area contributed by atoms with Gasteiger partial charge in [-0.15, -0.1) is 0 Å². The summed E-state index contributed by atoms with van der Waals surface area (Å²) in [4.78, 5) is 26.4. The van der Waals surface area contributed by atoms with Crippen molar-refractivity contribution in [1.29, 1.82) is 0 Å². The van der Waals surface area contributed by atoms with Crippen molar-refractivity contribution in [2.75, 3.05) is 13.2 Å². The van der Waals surface area contributed by atoms with E-state index in [0.717, 1.165) is 0 Å². The van der Waals surface area contributed by atoms with Crippen LogP contribution in [-0.4, -0.2) is 47.7 Å². The minimum Gasteiger partial charge on any atom is -0.466 e. The van der Waals surface area contributed by atoms with E-state index in [1.54, 1.807) is 11.8 Å². The van der Waals surface area contributed by atoms with Crippen LogP contribution in [0.4, 0.5) is 0 Å². The van der Waals surface area contributed by atoms with Crippen LogP contribution in [0.25, 0.3) is 0 Å². The van der Waals surface area contributed by atoms with Gasteiger partial charge in [0, 0.05) is 6.04 Å². The lowest BCUT2D eigenvalue weighted by Crippen LogP contribution is -2.40. The normalized spacial score (nSPS) is 39.3. The zero-order valence-electron chi connectivity index (χ0n) is 11.5. The van der Waals surface area contributed by atoms with E-state index in [0.29, 0.717) is 13.2 Å². The summed E-state index contributed by atoms with van der Waals surface area (Å²) >= 11 is 0.